The molecule has 0 bridgehead atoms. The van der Waals surface area contributed by atoms with Gasteiger partial charge in [-0.2, -0.15) is 0 Å². The van der Waals surface area contributed by atoms with Crippen LogP contribution in [-0.2, 0) is 0 Å². The van der Waals surface area contributed by atoms with Crippen molar-refractivity contribution >= 4 is 11.6 Å². The van der Waals surface area contributed by atoms with Crippen LogP contribution >= 0.6 is 0 Å². The summed E-state index contributed by atoms with van der Waals surface area (Å²) < 4.78 is 0. The van der Waals surface area contributed by atoms with Gasteiger partial charge in [-0.25, -0.2) is 0 Å². The Labute approximate surface area is 110 Å². The van der Waals surface area contributed by atoms with E-state index in [1.807, 2.05) is 0 Å². The van der Waals surface area contributed by atoms with Gasteiger partial charge in [0.25, 0.3) is 5.91 Å². The first-order chi connectivity index (χ1) is 8.99. The van der Waals surface area contributed by atoms with Crippen molar-refractivity contribution in [2.75, 3.05) is 13.1 Å². The molecule has 0 spiro atoms. The third kappa shape index (κ3) is 2.83. The average molecular weight is 264 g/mol. The molecule has 1 aliphatic heterocycles. The van der Waals surface area contributed by atoms with Crippen LogP contribution in [0.15, 0.2) is 18.2 Å². The summed E-state index contributed by atoms with van der Waals surface area (Å²) in [6.07, 6.45) is 1.93. The van der Waals surface area contributed by atoms with Gasteiger partial charge in [-0.3, -0.25) is 14.9 Å². The molecule has 0 saturated carbocycles. The van der Waals surface area contributed by atoms with Crippen LogP contribution in [0.2, 0.25) is 0 Å². The zero-order chi connectivity index (χ0) is 14.0. The molecule has 6 heteroatoms. The maximum Gasteiger partial charge on any atom is 0.310 e. The van der Waals surface area contributed by atoms with Crippen molar-refractivity contribution in [2.45, 2.75) is 19.8 Å². The lowest BCUT2D eigenvalue weighted by Gasteiger charge is -2.30. The maximum atomic E-state index is 12.2. The quantitative estimate of drug-likeness (QED) is 0.655. The van der Waals surface area contributed by atoms with Crippen LogP contribution in [0.25, 0.3) is 0 Å². The van der Waals surface area contributed by atoms with Crippen molar-refractivity contribution in [2.24, 2.45) is 5.92 Å². The van der Waals surface area contributed by atoms with Gasteiger partial charge in [0.1, 0.15) is 0 Å². The normalized spacial score (nSPS) is 16.4. The number of phenolic OH excluding ortho intramolecular Hbond substituents is 1. The number of amides is 1. The van der Waals surface area contributed by atoms with Crippen LogP contribution in [0.3, 0.4) is 0 Å². The molecule has 1 N–H and O–H groups in total. The summed E-state index contributed by atoms with van der Waals surface area (Å²) in [6.45, 7) is 3.54. The van der Waals surface area contributed by atoms with Gasteiger partial charge in [0.05, 0.1) is 4.92 Å². The van der Waals surface area contributed by atoms with Crippen LogP contribution in [0.5, 0.6) is 5.75 Å². The van der Waals surface area contributed by atoms with Crippen molar-refractivity contribution in [3.05, 3.63) is 33.9 Å². The molecule has 0 atom stereocenters. The fourth-order valence-corrected chi connectivity index (χ4v) is 2.21. The summed E-state index contributed by atoms with van der Waals surface area (Å²) >= 11 is 0. The van der Waals surface area contributed by atoms with E-state index in [9.17, 15) is 20.0 Å². The Bertz CT molecular complexity index is 507. The number of piperidine rings is 1. The van der Waals surface area contributed by atoms with E-state index in [0.29, 0.717) is 19.0 Å². The molecule has 1 saturated heterocycles. The molecule has 6 nitrogen and oxygen atoms in total. The Hall–Kier alpha value is -2.11. The standard InChI is InChI=1S/C13H16N2O4/c1-9-4-6-14(7-5-9)13(17)10-2-3-11(15(18)19)12(16)8-10/h2-3,8-9,16H,4-7H2,1H3. The second-order valence-electron chi connectivity index (χ2n) is 4.94. The fraction of sp³-hybridized carbons (Fsp3) is 0.462. The maximum absolute atomic E-state index is 12.2. The molecule has 0 aromatic heterocycles. The van der Waals surface area contributed by atoms with E-state index in [1.165, 1.54) is 12.1 Å². The largest absolute Gasteiger partial charge is 0.502 e. The molecule has 0 unspecified atom stereocenters. The number of aromatic hydroxyl groups is 1. The highest BCUT2D eigenvalue weighted by Crippen LogP contribution is 2.27. The SMILES string of the molecule is CC1CCN(C(=O)c2ccc([N+](=O)[O-])c(O)c2)CC1. The summed E-state index contributed by atoms with van der Waals surface area (Å²) in [5.41, 5.74) is -0.0959. The molecular weight excluding hydrogens is 248 g/mol. The lowest BCUT2D eigenvalue weighted by Crippen LogP contribution is -2.37. The van der Waals surface area contributed by atoms with Crippen molar-refractivity contribution in [1.29, 1.82) is 0 Å². The Kier molecular flexibility index (Phi) is 3.69. The molecule has 1 aromatic carbocycles. The third-order valence-electron chi connectivity index (χ3n) is 3.49. The van der Waals surface area contributed by atoms with Crippen LogP contribution in [0.4, 0.5) is 5.69 Å². The molecule has 1 heterocycles. The van der Waals surface area contributed by atoms with Crippen molar-refractivity contribution in [1.82, 2.24) is 4.90 Å². The lowest BCUT2D eigenvalue weighted by atomic mass is 9.98. The molecule has 0 radical (unpaired) electrons. The van der Waals surface area contributed by atoms with Gasteiger partial charge in [-0.15, -0.1) is 0 Å². The minimum atomic E-state index is -0.674. The van der Waals surface area contributed by atoms with E-state index in [4.69, 9.17) is 0 Å². The monoisotopic (exact) mass is 264 g/mol. The lowest BCUT2D eigenvalue weighted by molar-refractivity contribution is -0.385. The van der Waals surface area contributed by atoms with Gasteiger partial charge in [-0.1, -0.05) is 6.92 Å². The Morgan fingerprint density at radius 3 is 2.58 bits per heavy atom. The number of nitro groups is 1. The Morgan fingerprint density at radius 1 is 1.42 bits per heavy atom. The number of phenols is 1. The van der Waals surface area contributed by atoms with Crippen LogP contribution in [0, 0.1) is 16.0 Å². The van der Waals surface area contributed by atoms with Crippen LogP contribution in [0.1, 0.15) is 30.1 Å². The number of hydrogen-bond acceptors (Lipinski definition) is 4. The highest BCUT2D eigenvalue weighted by atomic mass is 16.6. The number of rotatable bonds is 2. The van der Waals surface area contributed by atoms with Crippen molar-refractivity contribution in [3.63, 3.8) is 0 Å². The molecule has 19 heavy (non-hydrogen) atoms. The molecule has 1 amide bonds. The van der Waals surface area contributed by atoms with E-state index >= 15 is 0 Å². The number of carbonyl (C=O) groups is 1. The highest BCUT2D eigenvalue weighted by molar-refractivity contribution is 5.95. The highest BCUT2D eigenvalue weighted by Gasteiger charge is 2.23. The molecule has 1 aliphatic rings. The zero-order valence-electron chi connectivity index (χ0n) is 10.7. The Morgan fingerprint density at radius 2 is 2.05 bits per heavy atom. The minimum absolute atomic E-state index is 0.183. The summed E-state index contributed by atoms with van der Waals surface area (Å²) in [4.78, 5) is 23.8. The molecule has 0 aliphatic carbocycles. The molecule has 102 valence electrons. The number of nitrogens with zero attached hydrogens (tertiary/aromatic N) is 2. The zero-order valence-corrected chi connectivity index (χ0v) is 10.7. The van der Waals surface area contributed by atoms with Crippen molar-refractivity contribution < 1.29 is 14.8 Å². The summed E-state index contributed by atoms with van der Waals surface area (Å²) in [7, 11) is 0. The van der Waals surface area contributed by atoms with Gasteiger partial charge < -0.3 is 10.0 Å². The van der Waals surface area contributed by atoms with Gasteiger partial charge in [0.15, 0.2) is 5.75 Å². The summed E-state index contributed by atoms with van der Waals surface area (Å²) in [5, 5.41) is 20.1. The van der Waals surface area contributed by atoms with Gasteiger partial charge in [0.2, 0.25) is 0 Å². The Balaban J connectivity index is 2.16. The van der Waals surface area contributed by atoms with Gasteiger partial charge in [-0.05, 0) is 30.9 Å². The van der Waals surface area contributed by atoms with Gasteiger partial charge in [0, 0.05) is 24.7 Å². The van der Waals surface area contributed by atoms with Crippen LogP contribution < -0.4 is 0 Å². The third-order valence-corrected chi connectivity index (χ3v) is 3.49. The first kappa shape index (κ1) is 13.3. The first-order valence-corrected chi connectivity index (χ1v) is 6.25. The van der Waals surface area contributed by atoms with E-state index in [-0.39, 0.29) is 17.2 Å². The number of carbonyl (C=O) groups excluding carboxylic acids is 1. The number of likely N-dealkylation sites (tertiary alicyclic amines) is 1. The number of hydrogen-bond donors (Lipinski definition) is 1. The second kappa shape index (κ2) is 5.26. The average Bonchev–Trinajstić information content (AvgIpc) is 2.38. The van der Waals surface area contributed by atoms with Crippen molar-refractivity contribution in [3.8, 4) is 5.75 Å². The first-order valence-electron chi connectivity index (χ1n) is 6.25. The smallest absolute Gasteiger partial charge is 0.310 e. The van der Waals surface area contributed by atoms with E-state index in [0.717, 1.165) is 18.9 Å². The van der Waals surface area contributed by atoms with E-state index in [1.54, 1.807) is 4.90 Å². The number of benzene rings is 1. The molecule has 2 rings (SSSR count). The predicted molar refractivity (Wildman–Crippen MR) is 69.1 cm³/mol. The molecule has 1 aromatic rings. The van der Waals surface area contributed by atoms with Crippen LogP contribution in [-0.4, -0.2) is 33.9 Å². The summed E-state index contributed by atoms with van der Waals surface area (Å²) in [5.74, 6) is -0.0346. The molecular formula is C13H16N2O4. The predicted octanol–water partition coefficient (Wildman–Crippen LogP) is 2.17. The van der Waals surface area contributed by atoms with E-state index in [2.05, 4.69) is 6.92 Å². The van der Waals surface area contributed by atoms with Gasteiger partial charge >= 0.3 is 5.69 Å². The number of nitro benzene ring substituents is 1. The summed E-state index contributed by atoms with van der Waals surface area (Å²) in [6, 6.07) is 3.71. The topological polar surface area (TPSA) is 83.7 Å². The molecule has 1 fully saturated rings. The second-order valence-corrected chi connectivity index (χ2v) is 4.94. The minimum Gasteiger partial charge on any atom is -0.502 e. The fourth-order valence-electron chi connectivity index (χ4n) is 2.21. The van der Waals surface area contributed by atoms with E-state index < -0.39 is 10.7 Å².